The van der Waals surface area contributed by atoms with Crippen molar-refractivity contribution in [2.45, 2.75) is 65.0 Å². The number of benzene rings is 2. The smallest absolute Gasteiger partial charge is 0.310 e. The lowest BCUT2D eigenvalue weighted by molar-refractivity contribution is -0.143. The minimum absolute atomic E-state index is 0.0309. The van der Waals surface area contributed by atoms with E-state index in [4.69, 9.17) is 26.1 Å². The Morgan fingerprint density at radius 1 is 1.02 bits per heavy atom. The van der Waals surface area contributed by atoms with E-state index in [9.17, 15) is 19.2 Å². The van der Waals surface area contributed by atoms with Gasteiger partial charge in [0.25, 0.3) is 0 Å². The Labute approximate surface area is 342 Å². The van der Waals surface area contributed by atoms with Crippen LogP contribution in [-0.4, -0.2) is 80.1 Å². The summed E-state index contributed by atoms with van der Waals surface area (Å²) in [5.74, 6) is 0.0864. The molecule has 6 heterocycles. The number of aliphatic imine (C=N–C) groups is 1. The summed E-state index contributed by atoms with van der Waals surface area (Å²) in [6, 6.07) is 15.7. The van der Waals surface area contributed by atoms with Crippen molar-refractivity contribution in [2.24, 2.45) is 4.99 Å². The number of fused-ring (bicyclic) bond motifs is 6. The molecule has 1 fully saturated rings. The lowest BCUT2D eigenvalue weighted by Crippen LogP contribution is -2.41. The molecule has 2 aromatic carbocycles. The molecule has 58 heavy (non-hydrogen) atoms. The molecule has 1 unspecified atom stereocenters. The molecule has 0 bridgehead atoms. The number of pyridine rings is 1. The Kier molecular flexibility index (Phi) is 11.2. The van der Waals surface area contributed by atoms with Gasteiger partial charge in [0.1, 0.15) is 28.6 Å². The summed E-state index contributed by atoms with van der Waals surface area (Å²) < 4.78 is 15.2. The number of esters is 1. The fraction of sp³-hybridized carbons (Fsp3) is 0.333. The van der Waals surface area contributed by atoms with Crippen LogP contribution in [0.1, 0.15) is 76.5 Å². The molecule has 2 aliphatic heterocycles. The summed E-state index contributed by atoms with van der Waals surface area (Å²) in [6.45, 7) is 7.15. The fourth-order valence-corrected chi connectivity index (χ4v) is 9.03. The average molecular weight is 821 g/mol. The largest absolute Gasteiger partial charge is 0.465 e. The first-order chi connectivity index (χ1) is 28.1. The van der Waals surface area contributed by atoms with Crippen molar-refractivity contribution in [3.8, 4) is 5.00 Å². The topological polar surface area (TPSA) is 172 Å². The number of thiophene rings is 1. The lowest BCUT2D eigenvalue weighted by Gasteiger charge is -2.23. The first-order valence-electron chi connectivity index (χ1n) is 19.2. The number of ether oxygens (including phenoxy) is 2. The SMILES string of the molecule is Cc1sc2c(c1C)C(c1ccc(Cl)cc1)=N[C@@H](CC(=O)NCCOCCCOC(=O)Cc1cccc3c1c1cccnc1n3C1CCC(=O)NC1=O)c1nnc(C)n1-2. The van der Waals surface area contributed by atoms with E-state index in [0.29, 0.717) is 42.5 Å². The number of piperidine rings is 1. The van der Waals surface area contributed by atoms with Gasteiger partial charge in [0.15, 0.2) is 5.82 Å². The zero-order valence-corrected chi connectivity index (χ0v) is 33.8. The van der Waals surface area contributed by atoms with E-state index >= 15 is 0 Å². The first-order valence-corrected chi connectivity index (χ1v) is 20.3. The van der Waals surface area contributed by atoms with Crippen molar-refractivity contribution in [1.82, 2.24) is 34.9 Å². The molecule has 2 N–H and O–H groups in total. The van der Waals surface area contributed by atoms with Gasteiger partial charge in [-0.2, -0.15) is 0 Å². The third-order valence-corrected chi connectivity index (χ3v) is 12.0. The molecule has 1 saturated heterocycles. The van der Waals surface area contributed by atoms with Crippen LogP contribution in [0.5, 0.6) is 0 Å². The molecule has 0 saturated carbocycles. The molecule has 0 spiro atoms. The molecule has 8 rings (SSSR count). The van der Waals surface area contributed by atoms with Gasteiger partial charge in [-0.1, -0.05) is 35.9 Å². The predicted octanol–water partition coefficient (Wildman–Crippen LogP) is 5.98. The molecular weight excluding hydrogens is 780 g/mol. The molecule has 3 amide bonds. The van der Waals surface area contributed by atoms with Crippen LogP contribution in [0.2, 0.25) is 5.02 Å². The van der Waals surface area contributed by atoms with Gasteiger partial charge in [0, 0.05) is 64.0 Å². The Morgan fingerprint density at radius 2 is 1.84 bits per heavy atom. The number of rotatable bonds is 13. The molecule has 0 aliphatic carbocycles. The van der Waals surface area contributed by atoms with E-state index in [-0.39, 0.29) is 50.2 Å². The number of hydrogen-bond donors (Lipinski definition) is 2. The Morgan fingerprint density at radius 3 is 2.66 bits per heavy atom. The van der Waals surface area contributed by atoms with Gasteiger partial charge >= 0.3 is 5.97 Å². The van der Waals surface area contributed by atoms with Crippen LogP contribution in [0, 0.1) is 20.8 Å². The number of nitrogens with one attached hydrogen (secondary N) is 2. The van der Waals surface area contributed by atoms with Gasteiger partial charge in [-0.3, -0.25) is 34.1 Å². The number of carbonyl (C=O) groups is 4. The number of halogens is 1. The summed E-state index contributed by atoms with van der Waals surface area (Å²) in [6.07, 6.45) is 2.84. The molecule has 2 atom stereocenters. The molecule has 298 valence electrons. The molecule has 0 radical (unpaired) electrons. The third kappa shape index (κ3) is 7.64. The van der Waals surface area contributed by atoms with Gasteiger partial charge in [-0.05, 0) is 68.7 Å². The monoisotopic (exact) mass is 820 g/mol. The van der Waals surface area contributed by atoms with Crippen LogP contribution in [0.3, 0.4) is 0 Å². The quantitative estimate of drug-likeness (QED) is 0.0808. The highest BCUT2D eigenvalue weighted by molar-refractivity contribution is 7.15. The van der Waals surface area contributed by atoms with E-state index < -0.39 is 18.1 Å². The maximum atomic E-state index is 13.3. The van der Waals surface area contributed by atoms with Crippen LogP contribution in [0.25, 0.3) is 26.9 Å². The Bertz CT molecular complexity index is 2610. The number of nitrogens with zero attached hydrogens (tertiary/aromatic N) is 6. The summed E-state index contributed by atoms with van der Waals surface area (Å²) in [5, 5.41) is 17.5. The third-order valence-electron chi connectivity index (χ3n) is 10.5. The number of hydrogen-bond acceptors (Lipinski definition) is 11. The summed E-state index contributed by atoms with van der Waals surface area (Å²) >= 11 is 7.88. The second kappa shape index (κ2) is 16.6. The molecule has 4 aromatic heterocycles. The summed E-state index contributed by atoms with van der Waals surface area (Å²) in [5.41, 5.74) is 5.94. The second-order valence-electron chi connectivity index (χ2n) is 14.3. The number of aryl methyl sites for hydroxylation is 2. The highest BCUT2D eigenvalue weighted by Gasteiger charge is 2.33. The highest BCUT2D eigenvalue weighted by Crippen LogP contribution is 2.40. The maximum absolute atomic E-state index is 13.3. The van der Waals surface area contributed by atoms with Crippen LogP contribution in [0.15, 0.2) is 65.8 Å². The van der Waals surface area contributed by atoms with Crippen LogP contribution >= 0.6 is 22.9 Å². The van der Waals surface area contributed by atoms with Crippen molar-refractivity contribution in [2.75, 3.05) is 26.4 Å². The molecular formula is C42H41ClN8O6S. The number of carbonyl (C=O) groups excluding carboxylic acids is 4. The molecule has 14 nitrogen and oxygen atoms in total. The lowest BCUT2D eigenvalue weighted by atomic mass is 9.99. The first kappa shape index (κ1) is 39.1. The van der Waals surface area contributed by atoms with Crippen molar-refractivity contribution < 1.29 is 28.7 Å². The van der Waals surface area contributed by atoms with Crippen LogP contribution in [0.4, 0.5) is 0 Å². The maximum Gasteiger partial charge on any atom is 0.310 e. The Hall–Kier alpha value is -5.77. The zero-order chi connectivity index (χ0) is 40.5. The number of amides is 3. The normalized spacial score (nSPS) is 16.4. The minimum Gasteiger partial charge on any atom is -0.465 e. The van der Waals surface area contributed by atoms with Crippen molar-refractivity contribution in [3.63, 3.8) is 0 Å². The summed E-state index contributed by atoms with van der Waals surface area (Å²) in [7, 11) is 0. The summed E-state index contributed by atoms with van der Waals surface area (Å²) in [4.78, 5) is 61.8. The van der Waals surface area contributed by atoms with E-state index in [2.05, 4.69) is 39.7 Å². The Balaban J connectivity index is 0.835. The van der Waals surface area contributed by atoms with E-state index in [1.165, 1.54) is 4.88 Å². The number of imide groups is 1. The van der Waals surface area contributed by atoms with Gasteiger partial charge in [-0.25, -0.2) is 4.98 Å². The van der Waals surface area contributed by atoms with Gasteiger partial charge in [0.2, 0.25) is 17.7 Å². The second-order valence-corrected chi connectivity index (χ2v) is 16.0. The fourth-order valence-electron chi connectivity index (χ4n) is 7.69. The molecule has 6 aromatic rings. The molecule has 16 heteroatoms. The van der Waals surface area contributed by atoms with E-state index in [1.54, 1.807) is 17.5 Å². The highest BCUT2D eigenvalue weighted by atomic mass is 35.5. The average Bonchev–Trinajstić information content (AvgIpc) is 3.82. The van der Waals surface area contributed by atoms with Gasteiger partial charge in [-0.15, -0.1) is 21.5 Å². The van der Waals surface area contributed by atoms with Crippen molar-refractivity contribution in [1.29, 1.82) is 0 Å². The standard InChI is InChI=1S/C42H41ClN8O6S/c1-23-24(2)58-42-36(23)38(26-10-12-28(43)13-11-26)46-30(40-49-48-25(3)50(40)42)22-34(53)44-17-20-56-18-6-19-57-35(54)21-27-7-4-9-31-37(27)29-8-5-16-45-39(29)51(31)32-14-15-33(52)47-41(32)55/h4-5,7-13,16,30,32H,6,14-15,17-22H2,1-3H3,(H,44,53)(H,47,52,55)/t30-,32?/m0/s1. The molecule has 2 aliphatic rings. The minimum atomic E-state index is -0.593. The predicted molar refractivity (Wildman–Crippen MR) is 220 cm³/mol. The van der Waals surface area contributed by atoms with E-state index in [1.807, 2.05) is 70.7 Å². The van der Waals surface area contributed by atoms with Gasteiger partial charge < -0.3 is 19.4 Å². The number of aromatic nitrogens is 5. The van der Waals surface area contributed by atoms with E-state index in [0.717, 1.165) is 55.1 Å². The van der Waals surface area contributed by atoms with Crippen LogP contribution in [-0.2, 0) is 35.1 Å². The van der Waals surface area contributed by atoms with Gasteiger partial charge in [0.05, 0.1) is 37.3 Å². The van der Waals surface area contributed by atoms with Crippen molar-refractivity contribution in [3.05, 3.63) is 105 Å². The zero-order valence-electron chi connectivity index (χ0n) is 32.2. The van der Waals surface area contributed by atoms with Crippen molar-refractivity contribution >= 4 is 74.3 Å². The van der Waals surface area contributed by atoms with Crippen LogP contribution < -0.4 is 10.6 Å².